The van der Waals surface area contributed by atoms with E-state index in [-0.39, 0.29) is 5.92 Å². The number of aromatic nitrogens is 2. The van der Waals surface area contributed by atoms with Gasteiger partial charge in [0, 0.05) is 6.20 Å². The molecular weight excluding hydrogens is 300 g/mol. The van der Waals surface area contributed by atoms with Gasteiger partial charge in [-0.05, 0) is 49.6 Å². The number of hydrogen-bond donors (Lipinski definition) is 0. The second-order valence-electron chi connectivity index (χ2n) is 6.01. The summed E-state index contributed by atoms with van der Waals surface area (Å²) in [6, 6.07) is 11.8. The first-order valence-corrected chi connectivity index (χ1v) is 8.22. The summed E-state index contributed by atoms with van der Waals surface area (Å²) in [6.07, 6.45) is 1.99. The number of hydrogen-bond acceptors (Lipinski definition) is 4. The quantitative estimate of drug-likeness (QED) is 0.576. The van der Waals surface area contributed by atoms with E-state index in [4.69, 9.17) is 9.72 Å². The van der Waals surface area contributed by atoms with Crippen molar-refractivity contribution >= 4 is 17.2 Å². The lowest BCUT2D eigenvalue weighted by atomic mass is 10.1. The van der Waals surface area contributed by atoms with Crippen LogP contribution in [0.2, 0.25) is 0 Å². The summed E-state index contributed by atoms with van der Waals surface area (Å²) >= 11 is 0. The van der Waals surface area contributed by atoms with Gasteiger partial charge in [-0.25, -0.2) is 4.98 Å². The Bertz CT molecular complexity index is 880. The van der Waals surface area contributed by atoms with Crippen LogP contribution in [0.25, 0.3) is 5.65 Å². The number of nitrogens with zero attached hydrogens (tertiary/aromatic N) is 4. The van der Waals surface area contributed by atoms with Crippen molar-refractivity contribution in [2.24, 2.45) is 10.2 Å². The number of imidazole rings is 1. The van der Waals surface area contributed by atoms with E-state index in [2.05, 4.69) is 37.1 Å². The largest absolute Gasteiger partial charge is 0.492 e. The lowest BCUT2D eigenvalue weighted by Gasteiger charge is -2.05. The molecule has 0 fully saturated rings. The number of rotatable bonds is 5. The van der Waals surface area contributed by atoms with Crippen LogP contribution in [0.1, 0.15) is 37.9 Å². The van der Waals surface area contributed by atoms with Crippen LogP contribution < -0.4 is 4.74 Å². The molecule has 0 amide bonds. The smallest absolute Gasteiger partial charge is 0.183 e. The highest BCUT2D eigenvalue weighted by Gasteiger charge is 2.15. The average molecular weight is 322 g/mol. The Hall–Kier alpha value is -2.69. The highest BCUT2D eigenvalue weighted by molar-refractivity contribution is 5.55. The summed E-state index contributed by atoms with van der Waals surface area (Å²) in [5.41, 5.74) is 3.73. The first kappa shape index (κ1) is 16.2. The fourth-order valence-electron chi connectivity index (χ4n) is 2.56. The maximum Gasteiger partial charge on any atom is 0.183 e. The standard InChI is InChI=1S/C19H22N4O/c1-5-24-16-9-7-6-8-15(16)21-22-19-18(13(2)3)20-17-12-14(4)10-11-23(17)19/h6-13H,5H2,1-4H3. The zero-order valence-corrected chi connectivity index (χ0v) is 14.5. The van der Waals surface area contributed by atoms with Crippen molar-refractivity contribution in [3.63, 3.8) is 0 Å². The van der Waals surface area contributed by atoms with E-state index >= 15 is 0 Å². The zero-order chi connectivity index (χ0) is 17.1. The first-order valence-electron chi connectivity index (χ1n) is 8.22. The van der Waals surface area contributed by atoms with Gasteiger partial charge in [0.25, 0.3) is 0 Å². The fourth-order valence-corrected chi connectivity index (χ4v) is 2.56. The van der Waals surface area contributed by atoms with E-state index in [1.54, 1.807) is 0 Å². The number of pyridine rings is 1. The van der Waals surface area contributed by atoms with Crippen molar-refractivity contribution < 1.29 is 4.74 Å². The SMILES string of the molecule is CCOc1ccccc1N=Nc1c(C(C)C)nc2cc(C)ccn12. The Labute approximate surface area is 142 Å². The van der Waals surface area contributed by atoms with Crippen molar-refractivity contribution in [2.45, 2.75) is 33.6 Å². The molecule has 5 heteroatoms. The molecule has 3 rings (SSSR count). The topological polar surface area (TPSA) is 51.2 Å². The second-order valence-corrected chi connectivity index (χ2v) is 6.01. The van der Waals surface area contributed by atoms with Crippen molar-refractivity contribution in [1.82, 2.24) is 9.38 Å². The van der Waals surface area contributed by atoms with Gasteiger partial charge in [-0.3, -0.25) is 4.40 Å². The molecule has 0 atom stereocenters. The third-order valence-electron chi connectivity index (χ3n) is 3.75. The summed E-state index contributed by atoms with van der Waals surface area (Å²) < 4.78 is 7.59. The zero-order valence-electron chi connectivity index (χ0n) is 14.5. The Morgan fingerprint density at radius 1 is 1.17 bits per heavy atom. The molecule has 0 spiro atoms. The molecule has 0 unspecified atom stereocenters. The maximum atomic E-state index is 5.61. The van der Waals surface area contributed by atoms with E-state index in [0.717, 1.165) is 28.6 Å². The van der Waals surface area contributed by atoms with Gasteiger partial charge in [0.15, 0.2) is 5.82 Å². The minimum absolute atomic E-state index is 0.265. The van der Waals surface area contributed by atoms with Gasteiger partial charge in [0.1, 0.15) is 17.1 Å². The summed E-state index contributed by atoms with van der Waals surface area (Å²) in [4.78, 5) is 4.72. The molecule has 2 heterocycles. The number of azo groups is 1. The van der Waals surface area contributed by atoms with E-state index in [0.29, 0.717) is 6.61 Å². The summed E-state index contributed by atoms with van der Waals surface area (Å²) in [6.45, 7) is 8.84. The van der Waals surface area contributed by atoms with Crippen LogP contribution in [-0.2, 0) is 0 Å². The van der Waals surface area contributed by atoms with Gasteiger partial charge < -0.3 is 4.74 Å². The predicted molar refractivity (Wildman–Crippen MR) is 95.8 cm³/mol. The molecule has 0 aliphatic carbocycles. The van der Waals surface area contributed by atoms with Crippen LogP contribution in [0.4, 0.5) is 11.5 Å². The summed E-state index contributed by atoms with van der Waals surface area (Å²) in [5, 5.41) is 8.93. The summed E-state index contributed by atoms with van der Waals surface area (Å²) in [5.74, 6) is 1.77. The molecule has 0 bridgehead atoms. The molecule has 124 valence electrons. The van der Waals surface area contributed by atoms with Gasteiger partial charge in [0.05, 0.1) is 12.3 Å². The normalized spacial score (nSPS) is 11.7. The van der Waals surface area contributed by atoms with Crippen molar-refractivity contribution in [2.75, 3.05) is 6.61 Å². The fraction of sp³-hybridized carbons (Fsp3) is 0.316. The number of aryl methyl sites for hydroxylation is 1. The Morgan fingerprint density at radius 3 is 2.71 bits per heavy atom. The Morgan fingerprint density at radius 2 is 1.96 bits per heavy atom. The molecule has 24 heavy (non-hydrogen) atoms. The van der Waals surface area contributed by atoms with Crippen molar-refractivity contribution in [3.8, 4) is 5.75 Å². The van der Waals surface area contributed by atoms with E-state index in [9.17, 15) is 0 Å². The molecular formula is C19H22N4O. The van der Waals surface area contributed by atoms with Crippen molar-refractivity contribution in [1.29, 1.82) is 0 Å². The molecule has 0 N–H and O–H groups in total. The average Bonchev–Trinajstić information content (AvgIpc) is 2.92. The minimum Gasteiger partial charge on any atom is -0.492 e. The van der Waals surface area contributed by atoms with E-state index in [1.165, 1.54) is 5.56 Å². The van der Waals surface area contributed by atoms with Gasteiger partial charge in [-0.15, -0.1) is 10.2 Å². The molecule has 2 aromatic heterocycles. The minimum atomic E-state index is 0.265. The van der Waals surface area contributed by atoms with Crippen LogP contribution >= 0.6 is 0 Å². The van der Waals surface area contributed by atoms with Crippen LogP contribution in [0.3, 0.4) is 0 Å². The maximum absolute atomic E-state index is 5.61. The predicted octanol–water partition coefficient (Wildman–Crippen LogP) is 5.58. The molecule has 0 saturated carbocycles. The van der Waals surface area contributed by atoms with Crippen molar-refractivity contribution in [3.05, 3.63) is 53.9 Å². The molecule has 0 aliphatic heterocycles. The number of fused-ring (bicyclic) bond motifs is 1. The van der Waals surface area contributed by atoms with Crippen LogP contribution in [0.15, 0.2) is 52.8 Å². The molecule has 0 aliphatic rings. The third kappa shape index (κ3) is 3.15. The Balaban J connectivity index is 2.08. The van der Waals surface area contributed by atoms with Gasteiger partial charge >= 0.3 is 0 Å². The van der Waals surface area contributed by atoms with E-state index < -0.39 is 0 Å². The molecule has 3 aromatic rings. The third-order valence-corrected chi connectivity index (χ3v) is 3.75. The molecule has 0 radical (unpaired) electrons. The van der Waals surface area contributed by atoms with Gasteiger partial charge in [-0.1, -0.05) is 26.0 Å². The van der Waals surface area contributed by atoms with Gasteiger partial charge in [-0.2, -0.15) is 0 Å². The number of benzene rings is 1. The number of para-hydroxylation sites is 1. The monoisotopic (exact) mass is 322 g/mol. The lowest BCUT2D eigenvalue weighted by molar-refractivity contribution is 0.341. The lowest BCUT2D eigenvalue weighted by Crippen LogP contribution is -1.91. The summed E-state index contributed by atoms with van der Waals surface area (Å²) in [7, 11) is 0. The molecule has 5 nitrogen and oxygen atoms in total. The Kier molecular flexibility index (Phi) is 4.60. The molecule has 0 saturated heterocycles. The molecule has 1 aromatic carbocycles. The van der Waals surface area contributed by atoms with Crippen LogP contribution in [0.5, 0.6) is 5.75 Å². The van der Waals surface area contributed by atoms with E-state index in [1.807, 2.05) is 47.9 Å². The number of ether oxygens (including phenoxy) is 1. The second kappa shape index (κ2) is 6.83. The first-order chi connectivity index (χ1) is 11.6. The van der Waals surface area contributed by atoms with Crippen LogP contribution in [-0.4, -0.2) is 16.0 Å². The highest BCUT2D eigenvalue weighted by Crippen LogP contribution is 2.32. The van der Waals surface area contributed by atoms with Crippen LogP contribution in [0, 0.1) is 6.92 Å². The highest BCUT2D eigenvalue weighted by atomic mass is 16.5. The van der Waals surface area contributed by atoms with Gasteiger partial charge in [0.2, 0.25) is 0 Å².